The van der Waals surface area contributed by atoms with E-state index in [1.807, 2.05) is 12.1 Å². The van der Waals surface area contributed by atoms with Crippen LogP contribution in [0.4, 0.5) is 0 Å². The lowest BCUT2D eigenvalue weighted by Gasteiger charge is -2.02. The maximum absolute atomic E-state index is 12.1. The summed E-state index contributed by atoms with van der Waals surface area (Å²) in [7, 11) is 1.70. The minimum Gasteiger partial charge on any atom is -0.287 e. The molecule has 0 unspecified atom stereocenters. The van der Waals surface area contributed by atoms with Gasteiger partial charge in [-0.15, -0.1) is 0 Å². The summed E-state index contributed by atoms with van der Waals surface area (Å²) >= 11 is 8.11. The van der Waals surface area contributed by atoms with Crippen molar-refractivity contribution in [2.45, 2.75) is 0 Å². The molecule has 16 heavy (non-hydrogen) atoms. The largest absolute Gasteiger partial charge is 0.287 e. The highest BCUT2D eigenvalue weighted by Gasteiger charge is 2.17. The molecule has 2 rings (SSSR count). The first kappa shape index (κ1) is 11.6. The van der Waals surface area contributed by atoms with Crippen LogP contribution in [0.15, 0.2) is 30.5 Å². The summed E-state index contributed by atoms with van der Waals surface area (Å²) < 4.78 is 2.58. The Hall–Kier alpha value is -0.880. The zero-order chi connectivity index (χ0) is 11.7. The molecule has 82 valence electrons. The molecular weight excluding hydrogens is 338 g/mol. The van der Waals surface area contributed by atoms with Gasteiger partial charge in [-0.25, -0.2) is 0 Å². The number of hydrogen-bond acceptors (Lipinski definition) is 2. The van der Waals surface area contributed by atoms with Gasteiger partial charge in [0.15, 0.2) is 0 Å². The van der Waals surface area contributed by atoms with E-state index in [2.05, 4.69) is 27.7 Å². The molecule has 0 N–H and O–H groups in total. The Kier molecular flexibility index (Phi) is 3.30. The second-order valence-corrected chi connectivity index (χ2v) is 4.95. The Bertz CT molecular complexity index is 514. The van der Waals surface area contributed by atoms with Gasteiger partial charge >= 0.3 is 0 Å². The molecule has 0 fully saturated rings. The molecule has 0 radical (unpaired) electrons. The van der Waals surface area contributed by atoms with Crippen LogP contribution in [0.5, 0.6) is 0 Å². The molecule has 5 heteroatoms. The number of hydrogen-bond donors (Lipinski definition) is 0. The third kappa shape index (κ3) is 2.12. The molecule has 0 bridgehead atoms. The van der Waals surface area contributed by atoms with Crippen LogP contribution in [-0.4, -0.2) is 15.6 Å². The van der Waals surface area contributed by atoms with Crippen molar-refractivity contribution >= 4 is 40.0 Å². The Morgan fingerprint density at radius 3 is 2.50 bits per heavy atom. The minimum atomic E-state index is -0.110. The van der Waals surface area contributed by atoms with Gasteiger partial charge in [0.05, 0.1) is 11.2 Å². The van der Waals surface area contributed by atoms with Gasteiger partial charge in [-0.1, -0.05) is 11.6 Å². The van der Waals surface area contributed by atoms with Gasteiger partial charge in [0.1, 0.15) is 5.69 Å². The van der Waals surface area contributed by atoms with Crippen LogP contribution in [0.25, 0.3) is 0 Å². The lowest BCUT2D eigenvalue weighted by molar-refractivity contribution is 0.103. The van der Waals surface area contributed by atoms with E-state index in [1.165, 1.54) is 10.9 Å². The molecule has 2 aromatic rings. The standard InChI is InChI=1S/C11H8ClIN2O/c1-15-10(9(12)6-14-15)11(16)7-2-4-8(13)5-3-7/h2-6H,1H3. The van der Waals surface area contributed by atoms with Crippen molar-refractivity contribution < 1.29 is 4.79 Å². The summed E-state index contributed by atoms with van der Waals surface area (Å²) in [4.78, 5) is 12.1. The molecule has 3 nitrogen and oxygen atoms in total. The van der Waals surface area contributed by atoms with Crippen LogP contribution in [0.3, 0.4) is 0 Å². The second-order valence-electron chi connectivity index (χ2n) is 3.30. The van der Waals surface area contributed by atoms with E-state index in [0.29, 0.717) is 16.3 Å². The highest BCUT2D eigenvalue weighted by molar-refractivity contribution is 14.1. The average Bonchev–Trinajstić information content (AvgIpc) is 2.59. The first-order valence-corrected chi connectivity index (χ1v) is 6.03. The molecule has 0 saturated heterocycles. The number of carbonyl (C=O) groups is 1. The molecule has 0 spiro atoms. The fourth-order valence-electron chi connectivity index (χ4n) is 1.40. The van der Waals surface area contributed by atoms with Crippen LogP contribution in [-0.2, 0) is 7.05 Å². The minimum absolute atomic E-state index is 0.110. The van der Waals surface area contributed by atoms with Crippen molar-refractivity contribution in [3.63, 3.8) is 0 Å². The SMILES string of the molecule is Cn1ncc(Cl)c1C(=O)c1ccc(I)cc1. The van der Waals surface area contributed by atoms with Crippen LogP contribution in [0, 0.1) is 3.57 Å². The fourth-order valence-corrected chi connectivity index (χ4v) is 2.02. The zero-order valence-electron chi connectivity index (χ0n) is 8.45. The molecular formula is C11H8ClIN2O. The van der Waals surface area contributed by atoms with Crippen molar-refractivity contribution in [3.8, 4) is 0 Å². The topological polar surface area (TPSA) is 34.9 Å². The molecule has 0 saturated carbocycles. The monoisotopic (exact) mass is 346 g/mol. The predicted octanol–water partition coefficient (Wildman–Crippen LogP) is 2.91. The summed E-state index contributed by atoms with van der Waals surface area (Å²) in [6, 6.07) is 7.34. The third-order valence-electron chi connectivity index (χ3n) is 2.22. The molecule has 1 aromatic heterocycles. The van der Waals surface area contributed by atoms with Crippen molar-refractivity contribution in [3.05, 3.63) is 50.3 Å². The van der Waals surface area contributed by atoms with Gasteiger partial charge in [0.25, 0.3) is 0 Å². The smallest absolute Gasteiger partial charge is 0.212 e. The number of nitrogens with zero attached hydrogens (tertiary/aromatic N) is 2. The first-order valence-electron chi connectivity index (χ1n) is 4.57. The second kappa shape index (κ2) is 4.55. The van der Waals surface area contributed by atoms with E-state index in [4.69, 9.17) is 11.6 Å². The Morgan fingerprint density at radius 1 is 1.38 bits per heavy atom. The Balaban J connectivity index is 2.43. The summed E-state index contributed by atoms with van der Waals surface area (Å²) in [5.74, 6) is -0.110. The first-order chi connectivity index (χ1) is 7.59. The highest BCUT2D eigenvalue weighted by atomic mass is 127. The number of aromatic nitrogens is 2. The summed E-state index contributed by atoms with van der Waals surface area (Å²) in [5.41, 5.74) is 1.04. The van der Waals surface area contributed by atoms with Gasteiger partial charge in [0, 0.05) is 16.2 Å². The van der Waals surface area contributed by atoms with Gasteiger partial charge in [-0.2, -0.15) is 5.10 Å². The number of aryl methyl sites for hydroxylation is 1. The van der Waals surface area contributed by atoms with E-state index < -0.39 is 0 Å². The average molecular weight is 347 g/mol. The molecule has 1 heterocycles. The lowest BCUT2D eigenvalue weighted by Crippen LogP contribution is -2.08. The van der Waals surface area contributed by atoms with Crippen molar-refractivity contribution in [2.75, 3.05) is 0 Å². The molecule has 0 amide bonds. The number of carbonyl (C=O) groups excluding carboxylic acids is 1. The quantitative estimate of drug-likeness (QED) is 0.619. The van der Waals surface area contributed by atoms with E-state index in [0.717, 1.165) is 3.57 Å². The zero-order valence-corrected chi connectivity index (χ0v) is 11.4. The van der Waals surface area contributed by atoms with Gasteiger partial charge in [0.2, 0.25) is 5.78 Å². The summed E-state index contributed by atoms with van der Waals surface area (Å²) in [6.45, 7) is 0. The molecule has 1 aromatic carbocycles. The van der Waals surface area contributed by atoms with Gasteiger partial charge in [-0.3, -0.25) is 9.48 Å². The number of halogens is 2. The third-order valence-corrected chi connectivity index (χ3v) is 3.21. The molecule has 0 aliphatic carbocycles. The maximum atomic E-state index is 12.1. The highest BCUT2D eigenvalue weighted by Crippen LogP contribution is 2.18. The van der Waals surface area contributed by atoms with Crippen molar-refractivity contribution in [1.82, 2.24) is 9.78 Å². The van der Waals surface area contributed by atoms with Crippen molar-refractivity contribution in [2.24, 2.45) is 7.05 Å². The molecule has 0 aliphatic rings. The normalized spacial score (nSPS) is 10.4. The van der Waals surface area contributed by atoms with E-state index in [-0.39, 0.29) is 5.78 Å². The van der Waals surface area contributed by atoms with Crippen LogP contribution in [0.1, 0.15) is 16.1 Å². The Morgan fingerprint density at radius 2 is 2.00 bits per heavy atom. The van der Waals surface area contributed by atoms with E-state index in [1.54, 1.807) is 19.2 Å². The maximum Gasteiger partial charge on any atom is 0.212 e. The summed E-state index contributed by atoms with van der Waals surface area (Å²) in [6.07, 6.45) is 1.47. The number of ketones is 1. The predicted molar refractivity (Wildman–Crippen MR) is 70.8 cm³/mol. The van der Waals surface area contributed by atoms with Crippen LogP contribution >= 0.6 is 34.2 Å². The number of rotatable bonds is 2. The lowest BCUT2D eigenvalue weighted by atomic mass is 10.1. The van der Waals surface area contributed by atoms with Crippen molar-refractivity contribution in [1.29, 1.82) is 0 Å². The summed E-state index contributed by atoms with van der Waals surface area (Å²) in [5, 5.41) is 4.32. The van der Waals surface area contributed by atoms with E-state index >= 15 is 0 Å². The number of benzene rings is 1. The van der Waals surface area contributed by atoms with E-state index in [9.17, 15) is 4.79 Å². The molecule has 0 atom stereocenters. The van der Waals surface area contributed by atoms with Gasteiger partial charge < -0.3 is 0 Å². The fraction of sp³-hybridized carbons (Fsp3) is 0.0909. The van der Waals surface area contributed by atoms with Crippen LogP contribution < -0.4 is 0 Å². The van der Waals surface area contributed by atoms with Crippen LogP contribution in [0.2, 0.25) is 5.02 Å². The Labute approximate surface area is 112 Å². The molecule has 0 aliphatic heterocycles. The van der Waals surface area contributed by atoms with Gasteiger partial charge in [-0.05, 0) is 46.9 Å².